The van der Waals surface area contributed by atoms with Crippen LogP contribution < -0.4 is 27.3 Å². The molecule has 1 aliphatic heterocycles. The number of nitrogens with zero attached hydrogens (tertiary/aromatic N) is 1. The largest absolute Gasteiger partial charge is 1.00 e. The zero-order chi connectivity index (χ0) is 16.2. The van der Waals surface area contributed by atoms with Gasteiger partial charge in [-0.25, -0.2) is 0 Å². The number of halogens is 1. The van der Waals surface area contributed by atoms with E-state index in [9.17, 15) is 9.59 Å². The van der Waals surface area contributed by atoms with Gasteiger partial charge in [-0.1, -0.05) is 30.3 Å². The predicted molar refractivity (Wildman–Crippen MR) is 85.1 cm³/mol. The van der Waals surface area contributed by atoms with Gasteiger partial charge < -0.3 is 27.5 Å². The molecule has 6 heteroatoms. The minimum Gasteiger partial charge on any atom is -1.00 e. The van der Waals surface area contributed by atoms with Gasteiger partial charge in [0.2, 0.25) is 12.3 Å². The maximum absolute atomic E-state index is 12.7. The minimum absolute atomic E-state index is 0. The van der Waals surface area contributed by atoms with Gasteiger partial charge in [0.15, 0.2) is 6.20 Å². The van der Waals surface area contributed by atoms with Crippen LogP contribution in [0.5, 0.6) is 0 Å². The van der Waals surface area contributed by atoms with Gasteiger partial charge in [0, 0.05) is 18.2 Å². The lowest BCUT2D eigenvalue weighted by Gasteiger charge is -2.09. The Morgan fingerprint density at radius 3 is 2.58 bits per heavy atom. The molecule has 0 aliphatic carbocycles. The number of hydrogen-bond acceptors (Lipinski definition) is 4. The highest BCUT2D eigenvalue weighted by atomic mass is 79.9. The fourth-order valence-electron chi connectivity index (χ4n) is 2.79. The SMILES string of the molecule is Nc1ccc[n+](CC(=O)c2ccccc2)c1C(=O)C1CCCO1.[Br-]. The summed E-state index contributed by atoms with van der Waals surface area (Å²) in [4.78, 5) is 25.1. The molecule has 2 N–H and O–H groups in total. The molecule has 24 heavy (non-hydrogen) atoms. The lowest BCUT2D eigenvalue weighted by molar-refractivity contribution is -0.684. The predicted octanol–water partition coefficient (Wildman–Crippen LogP) is -1.20. The Labute approximate surface area is 151 Å². The average molecular weight is 391 g/mol. The first kappa shape index (κ1) is 18.3. The molecule has 1 saturated heterocycles. The van der Waals surface area contributed by atoms with Crippen molar-refractivity contribution >= 4 is 17.3 Å². The van der Waals surface area contributed by atoms with Crippen LogP contribution in [0.25, 0.3) is 0 Å². The van der Waals surface area contributed by atoms with Crippen molar-refractivity contribution in [2.45, 2.75) is 25.5 Å². The summed E-state index contributed by atoms with van der Waals surface area (Å²) in [6, 6.07) is 12.4. The van der Waals surface area contributed by atoms with Crippen molar-refractivity contribution in [3.63, 3.8) is 0 Å². The third kappa shape index (κ3) is 3.88. The molecule has 0 saturated carbocycles. The number of nitrogen functional groups attached to an aromatic ring is 1. The van der Waals surface area contributed by atoms with Gasteiger partial charge in [-0.2, -0.15) is 4.57 Å². The highest BCUT2D eigenvalue weighted by molar-refractivity contribution is 6.01. The molecular weight excluding hydrogens is 372 g/mol. The number of pyridine rings is 1. The quantitative estimate of drug-likeness (QED) is 0.514. The summed E-state index contributed by atoms with van der Waals surface area (Å²) in [7, 11) is 0. The molecule has 0 amide bonds. The summed E-state index contributed by atoms with van der Waals surface area (Å²) in [5, 5.41) is 0. The van der Waals surface area contributed by atoms with E-state index in [1.165, 1.54) is 0 Å². The van der Waals surface area contributed by atoms with Crippen LogP contribution in [-0.2, 0) is 11.3 Å². The topological polar surface area (TPSA) is 73.3 Å². The number of carbonyl (C=O) groups is 2. The number of hydrogen-bond donors (Lipinski definition) is 1. The molecule has 0 spiro atoms. The zero-order valence-electron chi connectivity index (χ0n) is 13.2. The van der Waals surface area contributed by atoms with Crippen molar-refractivity contribution in [2.75, 3.05) is 12.3 Å². The van der Waals surface area contributed by atoms with E-state index >= 15 is 0 Å². The molecule has 1 atom stereocenters. The molecule has 1 unspecified atom stereocenters. The third-order valence-electron chi connectivity index (χ3n) is 3.97. The van der Waals surface area contributed by atoms with Gasteiger partial charge in [0.1, 0.15) is 11.8 Å². The molecule has 5 nitrogen and oxygen atoms in total. The van der Waals surface area contributed by atoms with Gasteiger partial charge in [0.25, 0.3) is 11.5 Å². The van der Waals surface area contributed by atoms with Crippen molar-refractivity contribution in [3.05, 3.63) is 59.9 Å². The Hall–Kier alpha value is -2.05. The van der Waals surface area contributed by atoms with Gasteiger partial charge in [-0.05, 0) is 18.9 Å². The second-order valence-electron chi connectivity index (χ2n) is 5.60. The minimum atomic E-state index is -0.460. The number of carbonyl (C=O) groups excluding carboxylic acids is 2. The standard InChI is InChI=1S/C18H18N2O3.BrH/c19-14-8-4-10-20(12-15(21)13-6-2-1-3-7-13)17(14)18(22)16-9-5-11-23-16;/h1-4,6-8,10,16H,5,9,11-12H2,(H-,19,22);1H. The summed E-state index contributed by atoms with van der Waals surface area (Å²) >= 11 is 0. The summed E-state index contributed by atoms with van der Waals surface area (Å²) < 4.78 is 7.09. The lowest BCUT2D eigenvalue weighted by atomic mass is 10.1. The van der Waals surface area contributed by atoms with Crippen LogP contribution in [0.2, 0.25) is 0 Å². The molecule has 3 rings (SSSR count). The van der Waals surface area contributed by atoms with Crippen molar-refractivity contribution in [1.29, 1.82) is 0 Å². The molecular formula is C18H19BrN2O3. The zero-order valence-corrected chi connectivity index (χ0v) is 14.7. The van der Waals surface area contributed by atoms with Crippen LogP contribution in [0.4, 0.5) is 5.69 Å². The summed E-state index contributed by atoms with van der Waals surface area (Å²) in [6.07, 6.45) is 2.81. The van der Waals surface area contributed by atoms with E-state index in [2.05, 4.69) is 0 Å². The first-order chi connectivity index (χ1) is 11.2. The number of Topliss-reactive ketones (excluding diaryl/α,β-unsaturated/α-hetero) is 2. The highest BCUT2D eigenvalue weighted by Crippen LogP contribution is 2.18. The number of ketones is 2. The molecule has 126 valence electrons. The first-order valence-corrected chi connectivity index (χ1v) is 7.69. The monoisotopic (exact) mass is 390 g/mol. The third-order valence-corrected chi connectivity index (χ3v) is 3.97. The fourth-order valence-corrected chi connectivity index (χ4v) is 2.79. The maximum Gasteiger partial charge on any atom is 0.275 e. The van der Waals surface area contributed by atoms with Crippen LogP contribution in [-0.4, -0.2) is 24.3 Å². The molecule has 0 radical (unpaired) electrons. The Balaban J connectivity index is 0.00000208. The van der Waals surface area contributed by atoms with Gasteiger partial charge in [0.05, 0.1) is 0 Å². The second kappa shape index (κ2) is 8.17. The van der Waals surface area contributed by atoms with E-state index in [4.69, 9.17) is 10.5 Å². The number of aromatic nitrogens is 1. The number of anilines is 1. The van der Waals surface area contributed by atoms with Crippen molar-refractivity contribution < 1.29 is 35.9 Å². The number of benzene rings is 1. The smallest absolute Gasteiger partial charge is 0.275 e. The molecule has 1 fully saturated rings. The van der Waals surface area contributed by atoms with Crippen molar-refractivity contribution in [1.82, 2.24) is 0 Å². The van der Waals surface area contributed by atoms with E-state index in [-0.39, 0.29) is 35.1 Å². The van der Waals surface area contributed by atoms with E-state index in [1.807, 2.05) is 18.2 Å². The summed E-state index contributed by atoms with van der Waals surface area (Å²) in [5.41, 5.74) is 7.32. The molecule has 1 aromatic carbocycles. The van der Waals surface area contributed by atoms with Crippen molar-refractivity contribution in [2.24, 2.45) is 0 Å². The Kier molecular flexibility index (Phi) is 6.23. The van der Waals surface area contributed by atoms with E-state index in [0.29, 0.717) is 30.0 Å². The summed E-state index contributed by atoms with van der Waals surface area (Å²) in [6.45, 7) is 0.662. The highest BCUT2D eigenvalue weighted by Gasteiger charge is 2.33. The fraction of sp³-hybridized carbons (Fsp3) is 0.278. The maximum atomic E-state index is 12.7. The second-order valence-corrected chi connectivity index (χ2v) is 5.60. The van der Waals surface area contributed by atoms with E-state index < -0.39 is 6.10 Å². The molecule has 2 heterocycles. The average Bonchev–Trinajstić information content (AvgIpc) is 3.10. The summed E-state index contributed by atoms with van der Waals surface area (Å²) in [5.74, 6) is -0.218. The molecule has 1 aliphatic rings. The number of nitrogens with two attached hydrogens (primary N) is 1. The normalized spacial score (nSPS) is 16.4. The molecule has 1 aromatic heterocycles. The van der Waals surface area contributed by atoms with E-state index in [1.54, 1.807) is 35.0 Å². The van der Waals surface area contributed by atoms with Crippen LogP contribution in [0.1, 0.15) is 33.7 Å². The number of ether oxygens (including phenoxy) is 1. The van der Waals surface area contributed by atoms with Crippen molar-refractivity contribution in [3.8, 4) is 0 Å². The van der Waals surface area contributed by atoms with E-state index in [0.717, 1.165) is 6.42 Å². The Morgan fingerprint density at radius 1 is 1.17 bits per heavy atom. The molecule has 0 bridgehead atoms. The molecule has 2 aromatic rings. The van der Waals surface area contributed by atoms with Crippen LogP contribution >= 0.6 is 0 Å². The first-order valence-electron chi connectivity index (χ1n) is 7.69. The number of rotatable bonds is 5. The van der Waals surface area contributed by atoms with Gasteiger partial charge >= 0.3 is 0 Å². The van der Waals surface area contributed by atoms with Crippen LogP contribution in [0, 0.1) is 0 Å². The van der Waals surface area contributed by atoms with Gasteiger partial charge in [-0.15, -0.1) is 0 Å². The van der Waals surface area contributed by atoms with Crippen LogP contribution in [0.3, 0.4) is 0 Å². The Morgan fingerprint density at radius 2 is 1.92 bits per heavy atom. The van der Waals surface area contributed by atoms with Gasteiger partial charge in [-0.3, -0.25) is 9.59 Å². The Bertz CT molecular complexity index is 728. The van der Waals surface area contributed by atoms with Crippen LogP contribution in [0.15, 0.2) is 48.7 Å². The lowest BCUT2D eigenvalue weighted by Crippen LogP contribution is -3.00.